The number of aryl methyl sites for hydroxylation is 2. The molecule has 0 unspecified atom stereocenters. The second-order valence-corrected chi connectivity index (χ2v) is 10.2. The summed E-state index contributed by atoms with van der Waals surface area (Å²) in [5, 5.41) is 2.78. The molecule has 0 bridgehead atoms. The minimum absolute atomic E-state index is 0. The van der Waals surface area contributed by atoms with Crippen molar-refractivity contribution in [2.45, 2.75) is 52.1 Å². The number of pyridine rings is 1. The number of H-pyrrole nitrogens is 1. The first kappa shape index (κ1) is 27.5. The zero-order chi connectivity index (χ0) is 26.1. The van der Waals surface area contributed by atoms with Gasteiger partial charge in [0.15, 0.2) is 0 Å². The lowest BCUT2D eigenvalue weighted by molar-refractivity contribution is -0.113. The fourth-order valence-electron chi connectivity index (χ4n) is 5.32. The summed E-state index contributed by atoms with van der Waals surface area (Å²) in [4.78, 5) is 35.6. The van der Waals surface area contributed by atoms with Crippen molar-refractivity contribution in [3.05, 3.63) is 82.2 Å². The second-order valence-electron chi connectivity index (χ2n) is 10.2. The summed E-state index contributed by atoms with van der Waals surface area (Å²) < 4.78 is 15.3. The molecule has 1 aliphatic carbocycles. The number of anilines is 1. The molecule has 1 aliphatic heterocycles. The van der Waals surface area contributed by atoms with Crippen molar-refractivity contribution in [2.75, 3.05) is 11.4 Å². The van der Waals surface area contributed by atoms with Gasteiger partial charge in [-0.05, 0) is 93.0 Å². The van der Waals surface area contributed by atoms with Crippen molar-refractivity contribution in [3.63, 3.8) is 0 Å². The van der Waals surface area contributed by atoms with Crippen molar-refractivity contribution >= 4 is 41.6 Å². The Kier molecular flexibility index (Phi) is 8.33. The smallest absolute Gasteiger partial charge is 0.259 e. The maximum atomic E-state index is 15.3. The van der Waals surface area contributed by atoms with Crippen molar-refractivity contribution in [3.8, 4) is 0 Å². The van der Waals surface area contributed by atoms with Gasteiger partial charge in [-0.3, -0.25) is 14.6 Å². The lowest BCUT2D eigenvalue weighted by Gasteiger charge is -2.30. The van der Waals surface area contributed by atoms with Crippen LogP contribution in [0.5, 0.6) is 0 Å². The van der Waals surface area contributed by atoms with Crippen LogP contribution in [-0.2, 0) is 11.3 Å². The average molecular weight is 538 g/mol. The Balaban J connectivity index is 0.00000336. The van der Waals surface area contributed by atoms with Gasteiger partial charge in [0, 0.05) is 48.5 Å². The molecule has 1 aromatic carbocycles. The van der Waals surface area contributed by atoms with E-state index in [0.29, 0.717) is 29.3 Å². The minimum atomic E-state index is -0.658. The molecule has 7 nitrogen and oxygen atoms in total. The van der Waals surface area contributed by atoms with E-state index in [-0.39, 0.29) is 36.5 Å². The molecule has 9 heteroatoms. The van der Waals surface area contributed by atoms with E-state index < -0.39 is 11.7 Å². The van der Waals surface area contributed by atoms with Crippen LogP contribution in [0.3, 0.4) is 0 Å². The van der Waals surface area contributed by atoms with Gasteiger partial charge in [0.1, 0.15) is 5.82 Å². The fraction of sp³-hybridized carbons (Fsp3) is 0.345. The summed E-state index contributed by atoms with van der Waals surface area (Å²) in [6, 6.07) is 8.63. The Bertz CT molecular complexity index is 1360. The molecule has 200 valence electrons. The first-order valence-corrected chi connectivity index (χ1v) is 12.8. The molecule has 0 atom stereocenters. The predicted molar refractivity (Wildman–Crippen MR) is 149 cm³/mol. The van der Waals surface area contributed by atoms with E-state index >= 15 is 4.39 Å². The number of halogens is 2. The van der Waals surface area contributed by atoms with E-state index in [9.17, 15) is 9.59 Å². The molecule has 2 amide bonds. The first-order chi connectivity index (χ1) is 17.8. The Hall–Kier alpha value is -3.49. The maximum Gasteiger partial charge on any atom is 0.259 e. The molecule has 0 radical (unpaired) electrons. The van der Waals surface area contributed by atoms with Crippen LogP contribution in [0.1, 0.15) is 64.1 Å². The van der Waals surface area contributed by atoms with Gasteiger partial charge >= 0.3 is 0 Å². The van der Waals surface area contributed by atoms with Crippen molar-refractivity contribution in [1.82, 2.24) is 15.3 Å². The van der Waals surface area contributed by atoms with E-state index in [1.807, 2.05) is 19.9 Å². The number of carbonyl (C=O) groups is 2. The Morgan fingerprint density at radius 3 is 2.55 bits per heavy atom. The van der Waals surface area contributed by atoms with Crippen LogP contribution in [0.2, 0.25) is 0 Å². The SMILES string of the molecule is Cc1cc(C)c(/C=C2\C(=O)N(CC3CCC(N)CC3)c3cc(C(=O)NCc4ccncc4)c(F)cc32)[nH]1.Cl. The molecule has 4 N–H and O–H groups in total. The largest absolute Gasteiger partial charge is 0.359 e. The maximum absolute atomic E-state index is 15.3. The van der Waals surface area contributed by atoms with Gasteiger partial charge in [-0.1, -0.05) is 0 Å². The summed E-state index contributed by atoms with van der Waals surface area (Å²) in [5.74, 6) is -1.05. The van der Waals surface area contributed by atoms with Gasteiger partial charge in [-0.15, -0.1) is 12.4 Å². The molecule has 3 heterocycles. The number of aromatic amines is 1. The van der Waals surface area contributed by atoms with Gasteiger partial charge < -0.3 is 20.9 Å². The highest BCUT2D eigenvalue weighted by molar-refractivity contribution is 6.36. The number of hydrogen-bond donors (Lipinski definition) is 3. The highest BCUT2D eigenvalue weighted by Gasteiger charge is 2.36. The van der Waals surface area contributed by atoms with Gasteiger partial charge in [-0.2, -0.15) is 0 Å². The summed E-state index contributed by atoms with van der Waals surface area (Å²) in [5.41, 5.74) is 11.2. The van der Waals surface area contributed by atoms with E-state index in [1.54, 1.807) is 35.5 Å². The van der Waals surface area contributed by atoms with Crippen LogP contribution in [0.4, 0.5) is 10.1 Å². The quantitative estimate of drug-likeness (QED) is 0.388. The normalized spacial score (nSPS) is 19.8. The van der Waals surface area contributed by atoms with Crippen LogP contribution >= 0.6 is 12.4 Å². The third-order valence-corrected chi connectivity index (χ3v) is 7.40. The number of nitrogens with one attached hydrogen (secondary N) is 2. The van der Waals surface area contributed by atoms with Crippen LogP contribution in [0.15, 0.2) is 42.7 Å². The minimum Gasteiger partial charge on any atom is -0.359 e. The molecule has 0 spiro atoms. The molecule has 1 saturated carbocycles. The Morgan fingerprint density at radius 2 is 1.89 bits per heavy atom. The zero-order valence-electron chi connectivity index (χ0n) is 21.6. The molecular formula is C29H33ClFN5O2. The molecular weight excluding hydrogens is 505 g/mol. The number of hydrogen-bond acceptors (Lipinski definition) is 4. The van der Waals surface area contributed by atoms with Crippen molar-refractivity contribution in [1.29, 1.82) is 0 Å². The van der Waals surface area contributed by atoms with Gasteiger partial charge in [-0.25, -0.2) is 4.39 Å². The van der Waals surface area contributed by atoms with E-state index in [2.05, 4.69) is 15.3 Å². The van der Waals surface area contributed by atoms with Gasteiger partial charge in [0.05, 0.1) is 16.8 Å². The number of nitrogens with two attached hydrogens (primary N) is 1. The predicted octanol–water partition coefficient (Wildman–Crippen LogP) is 4.92. The fourth-order valence-corrected chi connectivity index (χ4v) is 5.32. The third-order valence-electron chi connectivity index (χ3n) is 7.40. The summed E-state index contributed by atoms with van der Waals surface area (Å²) in [6.07, 6.45) is 8.80. The lowest BCUT2D eigenvalue weighted by atomic mass is 9.86. The number of nitrogens with zero attached hydrogens (tertiary/aromatic N) is 2. The van der Waals surface area contributed by atoms with E-state index in [1.165, 1.54) is 12.1 Å². The standard InChI is InChI=1S/C29H32FN5O2.ClH/c1-17-11-18(2)34-26(17)13-23-22-12-25(30)24(28(36)33-15-19-7-9-32-10-8-19)14-27(22)35(29(23)37)16-20-3-5-21(31)6-4-20;/h7-14,20-21,34H,3-6,15-16,31H2,1-2H3,(H,33,36);1H/b23-13-;. The molecule has 1 fully saturated rings. The first-order valence-electron chi connectivity index (χ1n) is 12.8. The number of aromatic nitrogens is 2. The summed E-state index contributed by atoms with van der Waals surface area (Å²) in [7, 11) is 0. The van der Waals surface area contributed by atoms with Crippen molar-refractivity contribution in [2.24, 2.45) is 11.7 Å². The van der Waals surface area contributed by atoms with Crippen LogP contribution in [0.25, 0.3) is 11.6 Å². The van der Waals surface area contributed by atoms with Crippen LogP contribution in [-0.4, -0.2) is 34.4 Å². The molecule has 0 saturated heterocycles. The lowest BCUT2D eigenvalue weighted by Crippen LogP contribution is -2.36. The van der Waals surface area contributed by atoms with Crippen molar-refractivity contribution < 1.29 is 14.0 Å². The number of amides is 2. The summed E-state index contributed by atoms with van der Waals surface area (Å²) >= 11 is 0. The average Bonchev–Trinajstić information content (AvgIpc) is 3.33. The number of rotatable bonds is 6. The number of fused-ring (bicyclic) bond motifs is 1. The second kappa shape index (κ2) is 11.5. The molecule has 2 aromatic heterocycles. The highest BCUT2D eigenvalue weighted by atomic mass is 35.5. The third kappa shape index (κ3) is 5.66. The molecule has 3 aromatic rings. The molecule has 2 aliphatic rings. The van der Waals surface area contributed by atoms with Gasteiger partial charge in [0.2, 0.25) is 0 Å². The van der Waals surface area contributed by atoms with Gasteiger partial charge in [0.25, 0.3) is 11.8 Å². The number of benzene rings is 1. The highest BCUT2D eigenvalue weighted by Crippen LogP contribution is 2.41. The monoisotopic (exact) mass is 537 g/mol. The van der Waals surface area contributed by atoms with E-state index in [0.717, 1.165) is 48.2 Å². The summed E-state index contributed by atoms with van der Waals surface area (Å²) in [6.45, 7) is 4.69. The van der Waals surface area contributed by atoms with E-state index in [4.69, 9.17) is 5.73 Å². The van der Waals surface area contributed by atoms with Crippen LogP contribution in [0, 0.1) is 25.6 Å². The zero-order valence-corrected chi connectivity index (χ0v) is 22.4. The Labute approximate surface area is 228 Å². The molecule has 5 rings (SSSR count). The topological polar surface area (TPSA) is 104 Å². The van der Waals surface area contributed by atoms with Crippen LogP contribution < -0.4 is 16.0 Å². The molecule has 38 heavy (non-hydrogen) atoms. The Morgan fingerprint density at radius 1 is 1.18 bits per heavy atom. The number of carbonyl (C=O) groups excluding carboxylic acids is 2.